The highest BCUT2D eigenvalue weighted by atomic mass is 19.4. The lowest BCUT2D eigenvalue weighted by molar-refractivity contribution is -0.151. The molecule has 0 amide bonds. The van der Waals surface area contributed by atoms with Crippen LogP contribution in [0.5, 0.6) is 5.75 Å². The van der Waals surface area contributed by atoms with E-state index < -0.39 is 40.7 Å². The molecular formula is C14H9F6N5O. The molecule has 3 aromatic rings. The maximum atomic E-state index is 13.2. The van der Waals surface area contributed by atoms with E-state index >= 15 is 0 Å². The normalized spacial score (nSPS) is 12.6. The molecule has 2 aromatic heterocycles. The number of methoxy groups -OCH3 is 1. The number of fused-ring (bicyclic) bond motifs is 1. The lowest BCUT2D eigenvalue weighted by Gasteiger charge is -2.11. The fourth-order valence-corrected chi connectivity index (χ4v) is 2.33. The summed E-state index contributed by atoms with van der Waals surface area (Å²) >= 11 is 0. The van der Waals surface area contributed by atoms with Gasteiger partial charge in [0.05, 0.1) is 12.5 Å². The number of nitrogens with two attached hydrogens (primary N) is 1. The number of alkyl halides is 6. The average molecular weight is 377 g/mol. The summed E-state index contributed by atoms with van der Waals surface area (Å²) in [5, 5.41) is 2.88. The van der Waals surface area contributed by atoms with Crippen molar-refractivity contribution in [2.24, 2.45) is 0 Å². The molecule has 0 bridgehead atoms. The van der Waals surface area contributed by atoms with Gasteiger partial charge in [-0.25, -0.2) is 14.6 Å². The highest BCUT2D eigenvalue weighted by Crippen LogP contribution is 2.39. The van der Waals surface area contributed by atoms with Crippen LogP contribution in [0.1, 0.15) is 11.5 Å². The number of hydrogen-bond acceptors (Lipinski definition) is 5. The molecule has 0 saturated heterocycles. The lowest BCUT2D eigenvalue weighted by Crippen LogP contribution is -2.17. The molecule has 0 radical (unpaired) electrons. The Balaban J connectivity index is 2.38. The Labute approximate surface area is 141 Å². The first-order valence-corrected chi connectivity index (χ1v) is 6.88. The number of anilines is 1. The van der Waals surface area contributed by atoms with Crippen LogP contribution in [0, 0.1) is 0 Å². The van der Waals surface area contributed by atoms with Gasteiger partial charge in [0.2, 0.25) is 5.82 Å². The van der Waals surface area contributed by atoms with Crippen molar-refractivity contribution in [3.63, 3.8) is 0 Å². The van der Waals surface area contributed by atoms with Crippen LogP contribution in [0.15, 0.2) is 24.3 Å². The average Bonchev–Trinajstić information content (AvgIpc) is 2.89. The number of nitrogen functional groups attached to an aromatic ring is 1. The third kappa shape index (κ3) is 2.86. The smallest absolute Gasteiger partial charge is 0.451 e. The maximum Gasteiger partial charge on any atom is 0.451 e. The maximum absolute atomic E-state index is 13.2. The number of nitrogens with zero attached hydrogens (tertiary/aromatic N) is 4. The highest BCUT2D eigenvalue weighted by Gasteiger charge is 2.43. The minimum absolute atomic E-state index is 0.132. The predicted molar refractivity (Wildman–Crippen MR) is 77.6 cm³/mol. The first-order valence-electron chi connectivity index (χ1n) is 6.88. The molecule has 2 N–H and O–H groups in total. The highest BCUT2D eigenvalue weighted by molar-refractivity contribution is 5.90. The summed E-state index contributed by atoms with van der Waals surface area (Å²) in [7, 11) is 1.31. The third-order valence-electron chi connectivity index (χ3n) is 3.40. The molecule has 0 saturated carbocycles. The van der Waals surface area contributed by atoms with E-state index in [1.54, 1.807) is 6.07 Å². The number of benzene rings is 1. The van der Waals surface area contributed by atoms with Crippen LogP contribution in [0.4, 0.5) is 32.2 Å². The van der Waals surface area contributed by atoms with Crippen molar-refractivity contribution in [1.29, 1.82) is 0 Å². The van der Waals surface area contributed by atoms with Gasteiger partial charge in [0.1, 0.15) is 17.3 Å². The van der Waals surface area contributed by atoms with Gasteiger partial charge < -0.3 is 10.5 Å². The zero-order chi connectivity index (χ0) is 19.3. The molecule has 0 unspecified atom stereocenters. The number of aromatic nitrogens is 4. The molecule has 12 heteroatoms. The molecule has 3 rings (SSSR count). The molecule has 6 nitrogen and oxygen atoms in total. The van der Waals surface area contributed by atoms with Crippen molar-refractivity contribution in [2.75, 3.05) is 12.8 Å². The van der Waals surface area contributed by atoms with Crippen LogP contribution in [-0.2, 0) is 12.4 Å². The fourth-order valence-electron chi connectivity index (χ4n) is 2.33. The van der Waals surface area contributed by atoms with Crippen molar-refractivity contribution in [3.8, 4) is 11.4 Å². The monoisotopic (exact) mass is 377 g/mol. The molecule has 2 heterocycles. The third-order valence-corrected chi connectivity index (χ3v) is 3.40. The standard InChI is InChI=1S/C14H9F6N5O/c1-26-7-5-3-2-4-6(7)25-10(21)8-9(13(15,16)17)22-12(14(18,19)20)23-11(8)24-25/h2-5H,21H2,1H3. The summed E-state index contributed by atoms with van der Waals surface area (Å²) in [6.45, 7) is 0. The Morgan fingerprint density at radius 3 is 2.23 bits per heavy atom. The van der Waals surface area contributed by atoms with Crippen molar-refractivity contribution < 1.29 is 31.1 Å². The van der Waals surface area contributed by atoms with E-state index in [1.807, 2.05) is 0 Å². The molecule has 138 valence electrons. The second kappa shape index (κ2) is 5.75. The van der Waals surface area contributed by atoms with Gasteiger partial charge in [-0.15, -0.1) is 5.10 Å². The van der Waals surface area contributed by atoms with Gasteiger partial charge in [-0.2, -0.15) is 26.3 Å². The number of ether oxygens (including phenoxy) is 1. The van der Waals surface area contributed by atoms with Gasteiger partial charge in [-0.1, -0.05) is 12.1 Å². The van der Waals surface area contributed by atoms with Crippen LogP contribution in [-0.4, -0.2) is 26.9 Å². The van der Waals surface area contributed by atoms with Gasteiger partial charge in [0.15, 0.2) is 11.3 Å². The molecule has 1 aromatic carbocycles. The quantitative estimate of drug-likeness (QED) is 0.692. The lowest BCUT2D eigenvalue weighted by atomic mass is 10.2. The molecule has 0 spiro atoms. The summed E-state index contributed by atoms with van der Waals surface area (Å²) in [6.07, 6.45) is -10.4. The molecule has 0 aliphatic carbocycles. The van der Waals surface area contributed by atoms with Gasteiger partial charge in [0.25, 0.3) is 0 Å². The Bertz CT molecular complexity index is 978. The second-order valence-corrected chi connectivity index (χ2v) is 5.06. The van der Waals surface area contributed by atoms with E-state index in [9.17, 15) is 26.3 Å². The van der Waals surface area contributed by atoms with Crippen molar-refractivity contribution in [2.45, 2.75) is 12.4 Å². The summed E-state index contributed by atoms with van der Waals surface area (Å²) in [5.74, 6) is -2.32. The SMILES string of the molecule is COc1ccccc1-n1nc2nc(C(F)(F)F)nc(C(F)(F)F)c2c1N. The zero-order valence-electron chi connectivity index (χ0n) is 12.9. The van der Waals surface area contributed by atoms with E-state index in [0.717, 1.165) is 4.68 Å². The molecule has 0 fully saturated rings. The van der Waals surface area contributed by atoms with E-state index in [1.165, 1.54) is 25.3 Å². The number of halogens is 6. The Morgan fingerprint density at radius 1 is 1.00 bits per heavy atom. The molecule has 0 aliphatic heterocycles. The van der Waals surface area contributed by atoms with Crippen LogP contribution in [0.3, 0.4) is 0 Å². The van der Waals surface area contributed by atoms with Gasteiger partial charge in [-0.3, -0.25) is 0 Å². The summed E-state index contributed by atoms with van der Waals surface area (Å²) in [5.41, 5.74) is 3.22. The zero-order valence-corrected chi connectivity index (χ0v) is 12.9. The Hall–Kier alpha value is -3.05. The van der Waals surface area contributed by atoms with Gasteiger partial charge in [0, 0.05) is 0 Å². The minimum Gasteiger partial charge on any atom is -0.494 e. The van der Waals surface area contributed by atoms with E-state index in [0.29, 0.717) is 0 Å². The molecule has 0 aliphatic rings. The molecule has 26 heavy (non-hydrogen) atoms. The Kier molecular flexibility index (Phi) is 3.92. The van der Waals surface area contributed by atoms with Crippen LogP contribution >= 0.6 is 0 Å². The van der Waals surface area contributed by atoms with Crippen LogP contribution in [0.2, 0.25) is 0 Å². The number of hydrogen-bond donors (Lipinski definition) is 1. The first-order chi connectivity index (χ1) is 12.0. The first kappa shape index (κ1) is 17.8. The van der Waals surface area contributed by atoms with Crippen LogP contribution in [0.25, 0.3) is 16.7 Å². The summed E-state index contributed by atoms with van der Waals surface area (Å²) in [4.78, 5) is 5.72. The fraction of sp³-hybridized carbons (Fsp3) is 0.214. The van der Waals surface area contributed by atoms with Crippen LogP contribution < -0.4 is 10.5 Å². The van der Waals surface area contributed by atoms with Gasteiger partial charge >= 0.3 is 12.4 Å². The number of rotatable bonds is 2. The van der Waals surface area contributed by atoms with E-state index in [2.05, 4.69) is 15.1 Å². The largest absolute Gasteiger partial charge is 0.494 e. The van der Waals surface area contributed by atoms with E-state index in [4.69, 9.17) is 10.5 Å². The molecular weight excluding hydrogens is 368 g/mol. The topological polar surface area (TPSA) is 78.8 Å². The minimum atomic E-state index is -5.19. The predicted octanol–water partition coefficient (Wildman–Crippen LogP) is 3.44. The van der Waals surface area contributed by atoms with Crippen molar-refractivity contribution in [3.05, 3.63) is 35.8 Å². The number of para-hydroxylation sites is 2. The van der Waals surface area contributed by atoms with Crippen molar-refractivity contribution in [1.82, 2.24) is 19.7 Å². The Morgan fingerprint density at radius 2 is 1.65 bits per heavy atom. The van der Waals surface area contributed by atoms with Gasteiger partial charge in [-0.05, 0) is 12.1 Å². The van der Waals surface area contributed by atoms with Crippen molar-refractivity contribution >= 4 is 16.9 Å². The second-order valence-electron chi connectivity index (χ2n) is 5.06. The molecule has 0 atom stereocenters. The summed E-state index contributed by atoms with van der Waals surface area (Å²) < 4.78 is 84.2. The summed E-state index contributed by atoms with van der Waals surface area (Å²) in [6, 6.07) is 6.02. The van der Waals surface area contributed by atoms with E-state index in [-0.39, 0.29) is 11.4 Å².